The van der Waals surface area contributed by atoms with Gasteiger partial charge in [-0.2, -0.15) is 5.10 Å². The average molecular weight is 156 g/mol. The van der Waals surface area contributed by atoms with Gasteiger partial charge < -0.3 is 10.4 Å². The number of rotatable bonds is 3. The van der Waals surface area contributed by atoms with Gasteiger partial charge in [-0.15, -0.1) is 0 Å². The number of hydrogen-bond acceptors (Lipinski definition) is 4. The van der Waals surface area contributed by atoms with Crippen LogP contribution in [0.25, 0.3) is 0 Å². The number of aliphatic hydroxyl groups is 1. The summed E-state index contributed by atoms with van der Waals surface area (Å²) in [6.07, 6.45) is 1.24. The Morgan fingerprint density at radius 2 is 2.64 bits per heavy atom. The van der Waals surface area contributed by atoms with Gasteiger partial charge in [-0.05, 0) is 0 Å². The number of aromatic nitrogens is 3. The van der Waals surface area contributed by atoms with E-state index in [2.05, 4.69) is 20.5 Å². The summed E-state index contributed by atoms with van der Waals surface area (Å²) in [5.74, 6) is -0.213. The van der Waals surface area contributed by atoms with Crippen molar-refractivity contribution in [2.24, 2.45) is 0 Å². The summed E-state index contributed by atoms with van der Waals surface area (Å²) in [6, 6.07) is 0. The van der Waals surface area contributed by atoms with Gasteiger partial charge in [0.25, 0.3) is 5.91 Å². The Morgan fingerprint density at radius 3 is 3.18 bits per heavy atom. The number of nitrogens with one attached hydrogen (secondary N) is 2. The maximum Gasteiger partial charge on any atom is 0.288 e. The second-order valence-corrected chi connectivity index (χ2v) is 1.81. The lowest BCUT2D eigenvalue weighted by Crippen LogP contribution is -2.27. The van der Waals surface area contributed by atoms with E-state index in [1.54, 1.807) is 0 Å². The summed E-state index contributed by atoms with van der Waals surface area (Å²) in [6.45, 7) is 0.138. The summed E-state index contributed by atoms with van der Waals surface area (Å²) in [7, 11) is 0. The lowest BCUT2D eigenvalue weighted by atomic mass is 10.5. The van der Waals surface area contributed by atoms with E-state index in [0.29, 0.717) is 0 Å². The molecule has 0 bridgehead atoms. The van der Waals surface area contributed by atoms with Gasteiger partial charge >= 0.3 is 0 Å². The Kier molecular flexibility index (Phi) is 2.56. The van der Waals surface area contributed by atoms with Gasteiger partial charge in [0, 0.05) is 6.54 Å². The van der Waals surface area contributed by atoms with Crippen molar-refractivity contribution in [1.82, 2.24) is 20.5 Å². The highest BCUT2D eigenvalue weighted by Gasteiger charge is 2.05. The summed E-state index contributed by atoms with van der Waals surface area (Å²) in [5.41, 5.74) is 0. The molecule has 11 heavy (non-hydrogen) atoms. The molecule has 6 nitrogen and oxygen atoms in total. The van der Waals surface area contributed by atoms with Crippen LogP contribution in [0.2, 0.25) is 0 Å². The largest absolute Gasteiger partial charge is 0.395 e. The molecule has 1 amide bonds. The molecule has 0 aromatic carbocycles. The third kappa shape index (κ3) is 2.01. The van der Waals surface area contributed by atoms with Crippen LogP contribution >= 0.6 is 0 Å². The zero-order chi connectivity index (χ0) is 8.10. The highest BCUT2D eigenvalue weighted by Crippen LogP contribution is 1.82. The molecule has 0 aliphatic carbocycles. The summed E-state index contributed by atoms with van der Waals surface area (Å²) >= 11 is 0. The predicted molar refractivity (Wildman–Crippen MR) is 35.8 cm³/mol. The fraction of sp³-hybridized carbons (Fsp3) is 0.400. The molecule has 0 spiro atoms. The van der Waals surface area contributed by atoms with E-state index >= 15 is 0 Å². The quantitative estimate of drug-likeness (QED) is 0.498. The predicted octanol–water partition coefficient (Wildman–Crippen LogP) is -1.47. The number of H-pyrrole nitrogens is 1. The lowest BCUT2D eigenvalue weighted by Gasteiger charge is -1.97. The third-order valence-corrected chi connectivity index (χ3v) is 1.03. The summed E-state index contributed by atoms with van der Waals surface area (Å²) in [4.78, 5) is 14.5. The number of carbonyl (C=O) groups is 1. The molecule has 3 N–H and O–H groups in total. The fourth-order valence-corrected chi connectivity index (χ4v) is 0.568. The van der Waals surface area contributed by atoms with Gasteiger partial charge in [-0.25, -0.2) is 4.98 Å². The first-order chi connectivity index (χ1) is 5.34. The van der Waals surface area contributed by atoms with E-state index in [9.17, 15) is 4.79 Å². The van der Waals surface area contributed by atoms with Crippen molar-refractivity contribution in [3.63, 3.8) is 0 Å². The Bertz CT molecular complexity index is 220. The first-order valence-corrected chi connectivity index (χ1v) is 3.09. The molecule has 1 rings (SSSR count). The fourth-order valence-electron chi connectivity index (χ4n) is 0.568. The first-order valence-electron chi connectivity index (χ1n) is 3.09. The summed E-state index contributed by atoms with van der Waals surface area (Å²) in [5, 5.41) is 16.6. The van der Waals surface area contributed by atoms with E-state index in [-0.39, 0.29) is 24.9 Å². The van der Waals surface area contributed by atoms with Gasteiger partial charge in [-0.1, -0.05) is 0 Å². The monoisotopic (exact) mass is 156 g/mol. The lowest BCUT2D eigenvalue weighted by molar-refractivity contribution is 0.0935. The molecule has 0 radical (unpaired) electrons. The Balaban J connectivity index is 2.43. The molecule has 0 fully saturated rings. The van der Waals surface area contributed by atoms with Crippen LogP contribution in [0.15, 0.2) is 6.33 Å². The molecule has 6 heteroatoms. The number of amides is 1. The van der Waals surface area contributed by atoms with E-state index in [1.165, 1.54) is 6.33 Å². The van der Waals surface area contributed by atoms with Crippen LogP contribution in [-0.4, -0.2) is 39.3 Å². The van der Waals surface area contributed by atoms with Crippen LogP contribution in [0.1, 0.15) is 10.6 Å². The van der Waals surface area contributed by atoms with Crippen molar-refractivity contribution in [3.8, 4) is 0 Å². The van der Waals surface area contributed by atoms with Gasteiger partial charge in [0.1, 0.15) is 6.33 Å². The van der Waals surface area contributed by atoms with Crippen molar-refractivity contribution in [3.05, 3.63) is 12.2 Å². The minimum Gasteiger partial charge on any atom is -0.395 e. The highest BCUT2D eigenvalue weighted by molar-refractivity contribution is 5.90. The third-order valence-electron chi connectivity index (χ3n) is 1.03. The molecule has 0 atom stereocenters. The van der Waals surface area contributed by atoms with Crippen molar-refractivity contribution in [1.29, 1.82) is 0 Å². The van der Waals surface area contributed by atoms with Crippen LogP contribution in [0.5, 0.6) is 0 Å². The molecule has 0 unspecified atom stereocenters. The van der Waals surface area contributed by atoms with Crippen LogP contribution in [0.3, 0.4) is 0 Å². The number of aliphatic hydroxyl groups excluding tert-OH is 1. The van der Waals surface area contributed by atoms with Crippen molar-refractivity contribution in [2.75, 3.05) is 13.2 Å². The van der Waals surface area contributed by atoms with E-state index in [4.69, 9.17) is 5.11 Å². The first kappa shape index (κ1) is 7.67. The normalized spacial score (nSPS) is 9.55. The number of aromatic amines is 1. The van der Waals surface area contributed by atoms with Gasteiger partial charge in [0.05, 0.1) is 6.61 Å². The minimum atomic E-state index is -0.364. The van der Waals surface area contributed by atoms with Gasteiger partial charge in [0.15, 0.2) is 0 Å². The molecule has 0 saturated heterocycles. The number of nitrogens with zero attached hydrogens (tertiary/aromatic N) is 2. The molecule has 0 aliphatic rings. The molecule has 1 aromatic heterocycles. The molecule has 0 saturated carbocycles. The smallest absolute Gasteiger partial charge is 0.288 e. The molecule has 1 aromatic rings. The standard InChI is InChI=1S/C5H8N4O2/c10-2-1-6-5(11)4-7-3-8-9-4/h3,10H,1-2H2,(H,6,11)(H,7,8,9). The minimum absolute atomic E-state index is 0.0835. The number of carbonyl (C=O) groups excluding carboxylic acids is 1. The molecule has 60 valence electrons. The molecule has 1 heterocycles. The topological polar surface area (TPSA) is 90.9 Å². The van der Waals surface area contributed by atoms with Crippen LogP contribution in [0, 0.1) is 0 Å². The zero-order valence-corrected chi connectivity index (χ0v) is 5.74. The second-order valence-electron chi connectivity index (χ2n) is 1.81. The van der Waals surface area contributed by atoms with E-state index in [1.807, 2.05) is 0 Å². The van der Waals surface area contributed by atoms with Crippen molar-refractivity contribution < 1.29 is 9.90 Å². The van der Waals surface area contributed by atoms with Crippen LogP contribution < -0.4 is 5.32 Å². The van der Waals surface area contributed by atoms with E-state index < -0.39 is 0 Å². The Hall–Kier alpha value is -1.43. The maximum absolute atomic E-state index is 10.9. The van der Waals surface area contributed by atoms with Gasteiger partial charge in [-0.3, -0.25) is 9.89 Å². The Labute approximate surface area is 62.6 Å². The van der Waals surface area contributed by atoms with Gasteiger partial charge in [0.2, 0.25) is 5.82 Å². The average Bonchev–Trinajstić information content (AvgIpc) is 2.52. The molecule has 0 aliphatic heterocycles. The van der Waals surface area contributed by atoms with Crippen molar-refractivity contribution in [2.45, 2.75) is 0 Å². The number of hydrogen-bond donors (Lipinski definition) is 3. The Morgan fingerprint density at radius 1 is 1.82 bits per heavy atom. The molecular weight excluding hydrogens is 148 g/mol. The van der Waals surface area contributed by atoms with E-state index in [0.717, 1.165) is 0 Å². The zero-order valence-electron chi connectivity index (χ0n) is 5.74. The van der Waals surface area contributed by atoms with Crippen LogP contribution in [0.4, 0.5) is 0 Å². The summed E-state index contributed by atoms with van der Waals surface area (Å²) < 4.78 is 0. The molecular formula is C5H8N4O2. The van der Waals surface area contributed by atoms with Crippen molar-refractivity contribution >= 4 is 5.91 Å². The second kappa shape index (κ2) is 3.67. The highest BCUT2D eigenvalue weighted by atomic mass is 16.3. The maximum atomic E-state index is 10.9. The SMILES string of the molecule is O=C(NCCO)c1ncn[nH]1. The van der Waals surface area contributed by atoms with Crippen LogP contribution in [-0.2, 0) is 0 Å².